The second kappa shape index (κ2) is 7.27. The number of carbonyl (C=O) groups is 1. The fraction of sp³-hybridized carbons (Fsp3) is 0.529. The molecule has 0 radical (unpaired) electrons. The quantitative estimate of drug-likeness (QED) is 0.880. The number of aromatic nitrogens is 1. The average Bonchev–Trinajstić information content (AvgIpc) is 3.27. The average molecular weight is 333 g/mol. The van der Waals surface area contributed by atoms with Crippen molar-refractivity contribution in [2.45, 2.75) is 37.6 Å². The molecule has 1 atom stereocenters. The van der Waals surface area contributed by atoms with Crippen molar-refractivity contribution in [3.05, 3.63) is 40.2 Å². The van der Waals surface area contributed by atoms with Gasteiger partial charge < -0.3 is 9.73 Å². The smallest absolute Gasteiger partial charge is 0.263 e. The summed E-state index contributed by atoms with van der Waals surface area (Å²) in [6, 6.07) is 3.83. The number of nitrogens with zero attached hydrogens (tertiary/aromatic N) is 2. The Morgan fingerprint density at radius 2 is 2.26 bits per heavy atom. The minimum absolute atomic E-state index is 0.0205. The van der Waals surface area contributed by atoms with E-state index in [2.05, 4.69) is 10.3 Å². The second-order valence-electron chi connectivity index (χ2n) is 6.25. The molecule has 1 saturated carbocycles. The Kier molecular flexibility index (Phi) is 5.13. The highest BCUT2D eigenvalue weighted by atomic mass is 32.1. The molecular formula is C17H23N3O2S. The first-order chi connectivity index (χ1) is 11.2. The van der Waals surface area contributed by atoms with Crippen LogP contribution in [0.4, 0.5) is 0 Å². The van der Waals surface area contributed by atoms with E-state index in [4.69, 9.17) is 4.42 Å². The predicted octanol–water partition coefficient (Wildman–Crippen LogP) is 3.43. The van der Waals surface area contributed by atoms with Gasteiger partial charge in [0, 0.05) is 12.5 Å². The molecule has 1 fully saturated rings. The topological polar surface area (TPSA) is 58.4 Å². The molecule has 0 spiro atoms. The summed E-state index contributed by atoms with van der Waals surface area (Å²) in [5.74, 6) is 1.29. The first-order valence-electron chi connectivity index (χ1n) is 8.08. The van der Waals surface area contributed by atoms with Crippen LogP contribution < -0.4 is 5.32 Å². The molecule has 6 heteroatoms. The van der Waals surface area contributed by atoms with Gasteiger partial charge in [0.15, 0.2) is 0 Å². The molecule has 0 aliphatic heterocycles. The Labute approximate surface area is 140 Å². The van der Waals surface area contributed by atoms with E-state index in [0.29, 0.717) is 12.5 Å². The molecule has 124 valence electrons. The van der Waals surface area contributed by atoms with Crippen molar-refractivity contribution in [3.8, 4) is 0 Å². The van der Waals surface area contributed by atoms with Gasteiger partial charge in [0.05, 0.1) is 23.5 Å². The molecule has 2 aromatic heterocycles. The van der Waals surface area contributed by atoms with Gasteiger partial charge in [-0.3, -0.25) is 9.69 Å². The van der Waals surface area contributed by atoms with Gasteiger partial charge in [-0.15, -0.1) is 11.3 Å². The normalized spacial score (nSPS) is 16.8. The molecular weight excluding hydrogens is 310 g/mol. The number of furan rings is 1. The monoisotopic (exact) mass is 333 g/mol. The van der Waals surface area contributed by atoms with Crippen molar-refractivity contribution in [1.82, 2.24) is 15.2 Å². The lowest BCUT2D eigenvalue weighted by atomic mass is 10.0. The highest BCUT2D eigenvalue weighted by Gasteiger charge is 2.26. The lowest BCUT2D eigenvalue weighted by Crippen LogP contribution is -2.34. The lowest BCUT2D eigenvalue weighted by molar-refractivity contribution is 0.0941. The van der Waals surface area contributed by atoms with Gasteiger partial charge in [-0.2, -0.15) is 0 Å². The van der Waals surface area contributed by atoms with Gasteiger partial charge in [-0.05, 0) is 39.1 Å². The van der Waals surface area contributed by atoms with Crippen LogP contribution in [0.5, 0.6) is 0 Å². The number of amides is 1. The molecule has 23 heavy (non-hydrogen) atoms. The molecule has 0 saturated heterocycles. The van der Waals surface area contributed by atoms with Gasteiger partial charge in [-0.1, -0.05) is 12.8 Å². The minimum atomic E-state index is -0.0205. The van der Waals surface area contributed by atoms with Crippen LogP contribution in [0.3, 0.4) is 0 Å². The maximum atomic E-state index is 12.6. The Morgan fingerprint density at radius 3 is 2.91 bits per heavy atom. The van der Waals surface area contributed by atoms with E-state index < -0.39 is 0 Å². The van der Waals surface area contributed by atoms with Crippen LogP contribution in [-0.2, 0) is 0 Å². The van der Waals surface area contributed by atoms with Crippen molar-refractivity contribution in [3.63, 3.8) is 0 Å². The molecule has 1 aliphatic rings. The van der Waals surface area contributed by atoms with Gasteiger partial charge >= 0.3 is 0 Å². The summed E-state index contributed by atoms with van der Waals surface area (Å²) in [7, 11) is 3.96. The van der Waals surface area contributed by atoms with Crippen molar-refractivity contribution in [2.75, 3.05) is 20.6 Å². The number of carbonyl (C=O) groups excluding carboxylic acids is 1. The van der Waals surface area contributed by atoms with E-state index in [1.807, 2.05) is 31.1 Å². The molecule has 0 bridgehead atoms. The minimum Gasteiger partial charge on any atom is -0.468 e. The van der Waals surface area contributed by atoms with Crippen molar-refractivity contribution < 1.29 is 9.21 Å². The van der Waals surface area contributed by atoms with Crippen molar-refractivity contribution in [1.29, 1.82) is 0 Å². The molecule has 1 aliphatic carbocycles. The highest BCUT2D eigenvalue weighted by molar-refractivity contribution is 7.11. The van der Waals surface area contributed by atoms with Crippen LogP contribution in [0.25, 0.3) is 0 Å². The molecule has 2 aromatic rings. The Morgan fingerprint density at radius 1 is 1.48 bits per heavy atom. The predicted molar refractivity (Wildman–Crippen MR) is 90.8 cm³/mol. The van der Waals surface area contributed by atoms with E-state index in [1.165, 1.54) is 24.2 Å². The van der Waals surface area contributed by atoms with Crippen LogP contribution in [0.15, 0.2) is 28.3 Å². The SMILES string of the molecule is CN(C)C(CNC(=O)c1scnc1C1CCCC1)c1ccco1. The number of thiazole rings is 1. The van der Waals surface area contributed by atoms with Crippen LogP contribution in [0.2, 0.25) is 0 Å². The highest BCUT2D eigenvalue weighted by Crippen LogP contribution is 2.36. The van der Waals surface area contributed by atoms with Crippen molar-refractivity contribution in [2.24, 2.45) is 0 Å². The third kappa shape index (κ3) is 3.64. The molecule has 0 aromatic carbocycles. The fourth-order valence-corrected chi connectivity index (χ4v) is 3.99. The summed E-state index contributed by atoms with van der Waals surface area (Å²) < 4.78 is 5.48. The maximum Gasteiger partial charge on any atom is 0.263 e. The summed E-state index contributed by atoms with van der Waals surface area (Å²) >= 11 is 1.44. The first kappa shape index (κ1) is 16.2. The molecule has 1 unspecified atom stereocenters. The number of likely N-dealkylation sites (N-methyl/N-ethyl adjacent to an activating group) is 1. The van der Waals surface area contributed by atoms with Gasteiger partial charge in [0.1, 0.15) is 10.6 Å². The molecule has 2 heterocycles. The summed E-state index contributed by atoms with van der Waals surface area (Å²) in [5.41, 5.74) is 2.78. The first-order valence-corrected chi connectivity index (χ1v) is 8.96. The van der Waals surface area contributed by atoms with Crippen LogP contribution in [0.1, 0.15) is 58.8 Å². The van der Waals surface area contributed by atoms with E-state index in [-0.39, 0.29) is 11.9 Å². The third-order valence-corrected chi connectivity index (χ3v) is 5.34. The van der Waals surface area contributed by atoms with E-state index in [1.54, 1.807) is 11.8 Å². The third-order valence-electron chi connectivity index (χ3n) is 4.49. The Balaban J connectivity index is 1.66. The largest absolute Gasteiger partial charge is 0.468 e. The van der Waals surface area contributed by atoms with E-state index >= 15 is 0 Å². The standard InChI is InChI=1S/C17H23N3O2S/c1-20(2)13(14-8-5-9-22-14)10-18-17(21)16-15(19-11-23-16)12-6-3-4-7-12/h5,8-9,11-13H,3-4,6-7,10H2,1-2H3,(H,18,21). The fourth-order valence-electron chi connectivity index (χ4n) is 3.20. The second-order valence-corrected chi connectivity index (χ2v) is 7.11. The van der Waals surface area contributed by atoms with Gasteiger partial charge in [0.25, 0.3) is 5.91 Å². The van der Waals surface area contributed by atoms with Crippen LogP contribution in [0, 0.1) is 0 Å². The summed E-state index contributed by atoms with van der Waals surface area (Å²) in [4.78, 5) is 19.9. The molecule has 5 nitrogen and oxygen atoms in total. The summed E-state index contributed by atoms with van der Waals surface area (Å²) in [6.45, 7) is 0.515. The van der Waals surface area contributed by atoms with E-state index in [9.17, 15) is 4.79 Å². The summed E-state index contributed by atoms with van der Waals surface area (Å²) in [6.07, 6.45) is 6.44. The van der Waals surface area contributed by atoms with Crippen molar-refractivity contribution >= 4 is 17.2 Å². The zero-order chi connectivity index (χ0) is 16.2. The van der Waals surface area contributed by atoms with Gasteiger partial charge in [0.2, 0.25) is 0 Å². The number of rotatable bonds is 6. The van der Waals surface area contributed by atoms with Gasteiger partial charge in [-0.25, -0.2) is 4.98 Å². The zero-order valence-corrected chi connectivity index (χ0v) is 14.4. The number of nitrogens with one attached hydrogen (secondary N) is 1. The maximum absolute atomic E-state index is 12.6. The van der Waals surface area contributed by atoms with Crippen LogP contribution >= 0.6 is 11.3 Å². The number of hydrogen-bond acceptors (Lipinski definition) is 5. The summed E-state index contributed by atoms with van der Waals surface area (Å²) in [5, 5.41) is 3.05. The lowest BCUT2D eigenvalue weighted by Gasteiger charge is -2.22. The zero-order valence-electron chi connectivity index (χ0n) is 13.6. The molecule has 1 N–H and O–H groups in total. The molecule has 1 amide bonds. The van der Waals surface area contributed by atoms with E-state index in [0.717, 1.165) is 29.2 Å². The number of hydrogen-bond donors (Lipinski definition) is 1. The Bertz CT molecular complexity index is 630. The van der Waals surface area contributed by atoms with Crippen LogP contribution in [-0.4, -0.2) is 36.4 Å². The molecule has 3 rings (SSSR count). The Hall–Kier alpha value is -1.66.